The van der Waals surface area contributed by atoms with Gasteiger partial charge in [-0.2, -0.15) is 0 Å². The molecule has 112 valence electrons. The van der Waals surface area contributed by atoms with Crippen LogP contribution < -0.4 is 5.32 Å². The highest BCUT2D eigenvalue weighted by Crippen LogP contribution is 2.24. The number of hydrogen-bond acceptors (Lipinski definition) is 5. The van der Waals surface area contributed by atoms with Crippen LogP contribution in [0.3, 0.4) is 0 Å². The van der Waals surface area contributed by atoms with E-state index in [2.05, 4.69) is 10.3 Å². The number of thiophene rings is 1. The van der Waals surface area contributed by atoms with Crippen molar-refractivity contribution in [2.75, 3.05) is 6.54 Å². The van der Waals surface area contributed by atoms with Crippen molar-refractivity contribution in [1.82, 2.24) is 10.3 Å². The molecule has 2 rings (SSSR count). The third kappa shape index (κ3) is 4.48. The monoisotopic (exact) mass is 348 g/mol. The minimum atomic E-state index is -3.72. The van der Waals surface area contributed by atoms with Crippen LogP contribution in [0.25, 0.3) is 0 Å². The van der Waals surface area contributed by atoms with E-state index in [1.807, 2.05) is 0 Å². The summed E-state index contributed by atoms with van der Waals surface area (Å²) < 4.78 is 35.2. The SMILES string of the molecule is O=C(NCCc1ccc(S(=O)(=O)Cl)s1)c1cncc(F)c1. The second-order valence-corrected chi connectivity index (χ2v) is 8.02. The predicted octanol–water partition coefficient (Wildman–Crippen LogP) is 2.18. The lowest BCUT2D eigenvalue weighted by atomic mass is 10.2. The van der Waals surface area contributed by atoms with E-state index in [9.17, 15) is 17.6 Å². The maximum atomic E-state index is 12.9. The summed E-state index contributed by atoms with van der Waals surface area (Å²) >= 11 is 1.05. The van der Waals surface area contributed by atoms with Crippen LogP contribution in [0.15, 0.2) is 34.8 Å². The molecule has 0 aliphatic carbocycles. The van der Waals surface area contributed by atoms with Crippen LogP contribution in [0.4, 0.5) is 4.39 Å². The second kappa shape index (κ2) is 6.50. The van der Waals surface area contributed by atoms with Crippen LogP contribution in [0.2, 0.25) is 0 Å². The Balaban J connectivity index is 1.90. The third-order valence-corrected chi connectivity index (χ3v) is 5.74. The Morgan fingerprint density at radius 2 is 2.14 bits per heavy atom. The third-order valence-electron chi connectivity index (χ3n) is 2.50. The fourth-order valence-electron chi connectivity index (χ4n) is 1.56. The van der Waals surface area contributed by atoms with E-state index in [0.29, 0.717) is 6.42 Å². The van der Waals surface area contributed by atoms with E-state index in [1.165, 1.54) is 12.3 Å². The van der Waals surface area contributed by atoms with E-state index in [0.717, 1.165) is 28.5 Å². The van der Waals surface area contributed by atoms with Crippen LogP contribution in [-0.2, 0) is 15.5 Å². The van der Waals surface area contributed by atoms with Crippen LogP contribution in [0.5, 0.6) is 0 Å². The first kappa shape index (κ1) is 15.9. The maximum absolute atomic E-state index is 12.9. The molecule has 2 aromatic rings. The van der Waals surface area contributed by atoms with Crippen molar-refractivity contribution in [3.05, 3.63) is 46.9 Å². The summed E-state index contributed by atoms with van der Waals surface area (Å²) in [6.45, 7) is 0.289. The Kier molecular flexibility index (Phi) is 4.92. The highest BCUT2D eigenvalue weighted by Gasteiger charge is 2.13. The molecule has 0 saturated carbocycles. The molecular weight excluding hydrogens is 339 g/mol. The van der Waals surface area contributed by atoms with Crippen LogP contribution in [0.1, 0.15) is 15.2 Å². The van der Waals surface area contributed by atoms with Crippen LogP contribution >= 0.6 is 22.0 Å². The lowest BCUT2D eigenvalue weighted by Crippen LogP contribution is -2.25. The summed E-state index contributed by atoms with van der Waals surface area (Å²) in [7, 11) is 1.50. The molecule has 2 heterocycles. The zero-order valence-electron chi connectivity index (χ0n) is 10.5. The van der Waals surface area contributed by atoms with Gasteiger partial charge in [-0.15, -0.1) is 11.3 Å². The minimum Gasteiger partial charge on any atom is -0.352 e. The zero-order chi connectivity index (χ0) is 15.5. The normalized spacial score (nSPS) is 11.3. The van der Waals surface area contributed by atoms with Crippen LogP contribution in [-0.4, -0.2) is 25.9 Å². The summed E-state index contributed by atoms with van der Waals surface area (Å²) in [4.78, 5) is 16.1. The van der Waals surface area contributed by atoms with E-state index < -0.39 is 20.8 Å². The number of hydrogen-bond donors (Lipinski definition) is 1. The molecule has 1 N–H and O–H groups in total. The first-order valence-electron chi connectivity index (χ1n) is 5.78. The number of halogens is 2. The van der Waals surface area contributed by atoms with Crippen molar-refractivity contribution in [2.24, 2.45) is 0 Å². The van der Waals surface area contributed by atoms with Gasteiger partial charge < -0.3 is 5.32 Å². The number of carbonyl (C=O) groups is 1. The molecule has 0 bridgehead atoms. The van der Waals surface area contributed by atoms with Gasteiger partial charge in [-0.1, -0.05) is 0 Å². The van der Waals surface area contributed by atoms with Gasteiger partial charge in [-0.05, 0) is 24.6 Å². The number of nitrogens with zero attached hydrogens (tertiary/aromatic N) is 1. The van der Waals surface area contributed by atoms with E-state index in [4.69, 9.17) is 10.7 Å². The quantitative estimate of drug-likeness (QED) is 0.840. The number of carbonyl (C=O) groups excluding carboxylic acids is 1. The molecule has 0 aromatic carbocycles. The van der Waals surface area contributed by atoms with E-state index in [-0.39, 0.29) is 16.3 Å². The molecule has 0 atom stereocenters. The minimum absolute atomic E-state index is 0.0693. The van der Waals surface area contributed by atoms with Crippen molar-refractivity contribution in [1.29, 1.82) is 0 Å². The van der Waals surface area contributed by atoms with Crippen LogP contribution in [0, 0.1) is 5.82 Å². The molecule has 21 heavy (non-hydrogen) atoms. The van der Waals surface area contributed by atoms with Gasteiger partial charge in [-0.3, -0.25) is 9.78 Å². The first-order valence-corrected chi connectivity index (χ1v) is 8.91. The van der Waals surface area contributed by atoms with Gasteiger partial charge in [-0.25, -0.2) is 12.8 Å². The molecule has 0 unspecified atom stereocenters. The summed E-state index contributed by atoms with van der Waals surface area (Å²) in [5, 5.41) is 2.60. The number of rotatable bonds is 5. The molecule has 0 radical (unpaired) electrons. The van der Waals surface area contributed by atoms with Gasteiger partial charge in [0.15, 0.2) is 0 Å². The Labute approximate surface area is 129 Å². The standard InChI is InChI=1S/C12H10ClFN2O3S2/c13-21(18,19)11-2-1-10(20-11)3-4-16-12(17)8-5-9(14)7-15-6-8/h1-2,5-7H,3-4H2,(H,16,17). The van der Waals surface area contributed by atoms with Gasteiger partial charge in [0.25, 0.3) is 15.0 Å². The molecule has 0 aliphatic heterocycles. The fraction of sp³-hybridized carbons (Fsp3) is 0.167. The molecule has 1 amide bonds. The lowest BCUT2D eigenvalue weighted by molar-refractivity contribution is 0.0953. The summed E-state index contributed by atoms with van der Waals surface area (Å²) in [5.74, 6) is -1.03. The Hall–Kier alpha value is -1.51. The van der Waals surface area contributed by atoms with Crippen molar-refractivity contribution >= 4 is 37.0 Å². The van der Waals surface area contributed by atoms with Gasteiger partial charge in [0.1, 0.15) is 10.0 Å². The molecule has 0 spiro atoms. The molecule has 0 fully saturated rings. The molecule has 9 heteroatoms. The number of pyridine rings is 1. The summed E-state index contributed by atoms with van der Waals surface area (Å²) in [6.07, 6.45) is 2.73. The second-order valence-electron chi connectivity index (χ2n) is 4.06. The fourth-order valence-corrected chi connectivity index (χ4v) is 3.68. The number of amides is 1. The average molecular weight is 349 g/mol. The van der Waals surface area contributed by atoms with Gasteiger partial charge in [0.05, 0.1) is 11.8 Å². The van der Waals surface area contributed by atoms with Crippen molar-refractivity contribution in [3.63, 3.8) is 0 Å². The zero-order valence-corrected chi connectivity index (χ0v) is 12.9. The summed E-state index contributed by atoms with van der Waals surface area (Å²) in [6, 6.07) is 4.14. The molecule has 2 aromatic heterocycles. The van der Waals surface area contributed by atoms with Crippen molar-refractivity contribution in [3.8, 4) is 0 Å². The van der Waals surface area contributed by atoms with Gasteiger partial charge >= 0.3 is 0 Å². The van der Waals surface area contributed by atoms with Crippen molar-refractivity contribution in [2.45, 2.75) is 10.6 Å². The largest absolute Gasteiger partial charge is 0.352 e. The Bertz CT molecular complexity index is 761. The van der Waals surface area contributed by atoms with Gasteiger partial charge in [0, 0.05) is 28.3 Å². The van der Waals surface area contributed by atoms with E-state index in [1.54, 1.807) is 6.07 Å². The molecule has 0 aliphatic rings. The Morgan fingerprint density at radius 3 is 2.76 bits per heavy atom. The molecular formula is C12H10ClFN2O3S2. The average Bonchev–Trinajstić information content (AvgIpc) is 2.87. The lowest BCUT2D eigenvalue weighted by Gasteiger charge is -2.03. The van der Waals surface area contributed by atoms with Crippen molar-refractivity contribution < 1.29 is 17.6 Å². The number of nitrogens with one attached hydrogen (secondary N) is 1. The highest BCUT2D eigenvalue weighted by atomic mass is 35.7. The van der Waals surface area contributed by atoms with E-state index >= 15 is 0 Å². The molecule has 5 nitrogen and oxygen atoms in total. The number of aromatic nitrogens is 1. The molecule has 0 saturated heterocycles. The summed E-state index contributed by atoms with van der Waals surface area (Å²) in [5.41, 5.74) is 0.130. The predicted molar refractivity (Wildman–Crippen MR) is 77.6 cm³/mol. The van der Waals surface area contributed by atoms with Gasteiger partial charge in [0.2, 0.25) is 0 Å². The highest BCUT2D eigenvalue weighted by molar-refractivity contribution is 8.15. The smallest absolute Gasteiger partial charge is 0.270 e. The first-order chi connectivity index (χ1) is 9.86. The Morgan fingerprint density at radius 1 is 1.38 bits per heavy atom. The maximum Gasteiger partial charge on any atom is 0.270 e. The topological polar surface area (TPSA) is 76.1 Å².